The number of hydrogen-bond acceptors (Lipinski definition) is 6. The molecule has 0 spiro atoms. The number of furan rings is 1. The third-order valence-electron chi connectivity index (χ3n) is 5.38. The lowest BCUT2D eigenvalue weighted by Gasteiger charge is -2.42. The van der Waals surface area contributed by atoms with Gasteiger partial charge in [0.2, 0.25) is 0 Å². The summed E-state index contributed by atoms with van der Waals surface area (Å²) in [6.45, 7) is 4.49. The highest BCUT2D eigenvalue weighted by Gasteiger charge is 2.36. The minimum atomic E-state index is -0.417. The van der Waals surface area contributed by atoms with E-state index in [2.05, 4.69) is 32.4 Å². The topological polar surface area (TPSA) is 91.2 Å². The van der Waals surface area contributed by atoms with Crippen LogP contribution in [0.2, 0.25) is 0 Å². The SMILES string of the molecule is C[C@H]1CN(CCc2nn[nH]n2)CC[C@@H]1N(C(=O)c1ccco1)c1ccccc1F. The van der Waals surface area contributed by atoms with Crippen molar-refractivity contribution in [2.45, 2.75) is 25.8 Å². The fraction of sp³-hybridized carbons (Fsp3) is 0.400. The number of likely N-dealkylation sites (tertiary alicyclic amines) is 1. The Morgan fingerprint density at radius 2 is 2.21 bits per heavy atom. The third kappa shape index (κ3) is 4.19. The van der Waals surface area contributed by atoms with Crippen molar-refractivity contribution >= 4 is 11.6 Å². The van der Waals surface area contributed by atoms with Crippen LogP contribution in [0.15, 0.2) is 47.1 Å². The summed E-state index contributed by atoms with van der Waals surface area (Å²) >= 11 is 0. The fourth-order valence-electron chi connectivity index (χ4n) is 3.96. The number of nitrogens with one attached hydrogen (secondary N) is 1. The number of rotatable bonds is 6. The smallest absolute Gasteiger partial charge is 0.294 e. The molecular weight excluding hydrogens is 375 g/mol. The minimum absolute atomic E-state index is 0.133. The molecule has 1 amide bonds. The van der Waals surface area contributed by atoms with Crippen molar-refractivity contribution in [3.05, 3.63) is 60.1 Å². The molecule has 0 radical (unpaired) electrons. The van der Waals surface area contributed by atoms with E-state index in [1.54, 1.807) is 35.2 Å². The van der Waals surface area contributed by atoms with Crippen molar-refractivity contribution in [2.24, 2.45) is 5.92 Å². The summed E-state index contributed by atoms with van der Waals surface area (Å²) in [5, 5.41) is 14.0. The number of carbonyl (C=O) groups is 1. The van der Waals surface area contributed by atoms with Crippen molar-refractivity contribution in [2.75, 3.05) is 24.5 Å². The molecule has 29 heavy (non-hydrogen) atoms. The Hall–Kier alpha value is -3.07. The van der Waals surface area contributed by atoms with Gasteiger partial charge in [-0.2, -0.15) is 5.21 Å². The van der Waals surface area contributed by atoms with Gasteiger partial charge in [0.05, 0.1) is 12.0 Å². The van der Waals surface area contributed by atoms with Crippen LogP contribution in [0.25, 0.3) is 0 Å². The molecule has 152 valence electrons. The number of H-pyrrole nitrogens is 1. The van der Waals surface area contributed by atoms with Crippen LogP contribution in [-0.4, -0.2) is 57.1 Å². The molecule has 0 saturated carbocycles. The van der Waals surface area contributed by atoms with Gasteiger partial charge in [0.25, 0.3) is 5.91 Å². The summed E-state index contributed by atoms with van der Waals surface area (Å²) in [5.41, 5.74) is 0.283. The summed E-state index contributed by atoms with van der Waals surface area (Å²) in [6.07, 6.45) is 2.89. The minimum Gasteiger partial charge on any atom is -0.459 e. The van der Waals surface area contributed by atoms with Crippen LogP contribution in [0.1, 0.15) is 29.7 Å². The van der Waals surface area contributed by atoms with E-state index < -0.39 is 5.82 Å². The molecule has 1 fully saturated rings. The molecule has 3 aromatic rings. The molecular formula is C20H23FN6O2. The van der Waals surface area contributed by atoms with Crippen LogP contribution in [0.3, 0.4) is 0 Å². The summed E-state index contributed by atoms with van der Waals surface area (Å²) in [5.74, 6) is 0.296. The van der Waals surface area contributed by atoms with E-state index in [9.17, 15) is 9.18 Å². The molecule has 1 aliphatic rings. The molecule has 0 unspecified atom stereocenters. The normalized spacial score (nSPS) is 19.9. The quantitative estimate of drug-likeness (QED) is 0.686. The number of carbonyl (C=O) groups excluding carboxylic acids is 1. The van der Waals surface area contributed by atoms with E-state index in [0.29, 0.717) is 12.2 Å². The van der Waals surface area contributed by atoms with Gasteiger partial charge in [-0.15, -0.1) is 10.2 Å². The van der Waals surface area contributed by atoms with Gasteiger partial charge in [0.1, 0.15) is 5.82 Å². The second-order valence-corrected chi connectivity index (χ2v) is 7.32. The Labute approximate surface area is 167 Å². The van der Waals surface area contributed by atoms with Gasteiger partial charge in [0, 0.05) is 32.1 Å². The number of aromatic amines is 1. The number of benzene rings is 1. The molecule has 3 heterocycles. The molecule has 1 N–H and O–H groups in total. The average molecular weight is 398 g/mol. The molecule has 0 bridgehead atoms. The Morgan fingerprint density at radius 1 is 1.34 bits per heavy atom. The molecule has 0 aliphatic carbocycles. The maximum absolute atomic E-state index is 14.6. The van der Waals surface area contributed by atoms with Gasteiger partial charge in [-0.1, -0.05) is 24.3 Å². The van der Waals surface area contributed by atoms with Crippen molar-refractivity contribution in [3.63, 3.8) is 0 Å². The van der Waals surface area contributed by atoms with Gasteiger partial charge in [-0.05, 0) is 36.6 Å². The number of aromatic nitrogens is 4. The van der Waals surface area contributed by atoms with Crippen LogP contribution in [0, 0.1) is 11.7 Å². The monoisotopic (exact) mass is 398 g/mol. The van der Waals surface area contributed by atoms with Crippen molar-refractivity contribution in [3.8, 4) is 0 Å². The molecule has 1 aromatic carbocycles. The maximum Gasteiger partial charge on any atom is 0.294 e. The summed E-state index contributed by atoms with van der Waals surface area (Å²) in [6, 6.07) is 9.53. The van der Waals surface area contributed by atoms with E-state index in [1.807, 2.05) is 0 Å². The number of amides is 1. The van der Waals surface area contributed by atoms with E-state index in [4.69, 9.17) is 4.42 Å². The van der Waals surface area contributed by atoms with Gasteiger partial charge in [-0.3, -0.25) is 9.69 Å². The summed E-state index contributed by atoms with van der Waals surface area (Å²) < 4.78 is 19.9. The Balaban J connectivity index is 1.52. The molecule has 2 aromatic heterocycles. The van der Waals surface area contributed by atoms with Gasteiger partial charge < -0.3 is 9.32 Å². The van der Waals surface area contributed by atoms with Crippen LogP contribution < -0.4 is 4.90 Å². The number of tetrazole rings is 1. The first-order chi connectivity index (χ1) is 14.1. The molecule has 1 saturated heterocycles. The van der Waals surface area contributed by atoms with Crippen molar-refractivity contribution in [1.29, 1.82) is 0 Å². The second-order valence-electron chi connectivity index (χ2n) is 7.32. The van der Waals surface area contributed by atoms with Gasteiger partial charge in [-0.25, -0.2) is 4.39 Å². The third-order valence-corrected chi connectivity index (χ3v) is 5.38. The lowest BCUT2D eigenvalue weighted by atomic mass is 9.91. The second kappa shape index (κ2) is 8.52. The number of hydrogen-bond donors (Lipinski definition) is 1. The van der Waals surface area contributed by atoms with Gasteiger partial charge in [0.15, 0.2) is 11.6 Å². The van der Waals surface area contributed by atoms with E-state index in [-0.39, 0.29) is 29.3 Å². The largest absolute Gasteiger partial charge is 0.459 e. The number of piperidine rings is 1. The first kappa shape index (κ1) is 19.3. The zero-order valence-electron chi connectivity index (χ0n) is 16.2. The van der Waals surface area contributed by atoms with Crippen molar-refractivity contribution in [1.82, 2.24) is 25.5 Å². The molecule has 8 nitrogen and oxygen atoms in total. The molecule has 4 rings (SSSR count). The summed E-state index contributed by atoms with van der Waals surface area (Å²) in [7, 11) is 0. The standard InChI is InChI=1S/C20H23FN6O2/c1-14-13-26(11-9-19-22-24-25-23-19)10-8-16(14)27(17-6-3-2-5-15(17)21)20(28)18-7-4-12-29-18/h2-7,12,14,16H,8-11,13H2,1H3,(H,22,23,24,25)/t14-,16-/m0/s1. The molecule has 1 aliphatic heterocycles. The van der Waals surface area contributed by atoms with E-state index >= 15 is 0 Å². The van der Waals surface area contributed by atoms with Crippen LogP contribution in [0.5, 0.6) is 0 Å². The van der Waals surface area contributed by atoms with Crippen LogP contribution in [0.4, 0.5) is 10.1 Å². The first-order valence-electron chi connectivity index (χ1n) is 9.69. The fourth-order valence-corrected chi connectivity index (χ4v) is 3.96. The average Bonchev–Trinajstić information content (AvgIpc) is 3.43. The Kier molecular flexibility index (Phi) is 5.66. The highest BCUT2D eigenvalue weighted by Crippen LogP contribution is 2.30. The van der Waals surface area contributed by atoms with E-state index in [1.165, 1.54) is 12.3 Å². The number of nitrogens with zero attached hydrogens (tertiary/aromatic N) is 5. The Morgan fingerprint density at radius 3 is 2.90 bits per heavy atom. The van der Waals surface area contributed by atoms with Crippen LogP contribution >= 0.6 is 0 Å². The van der Waals surface area contributed by atoms with Crippen molar-refractivity contribution < 1.29 is 13.6 Å². The predicted octanol–water partition coefficient (Wildman–Crippen LogP) is 2.53. The number of para-hydroxylation sites is 1. The van der Waals surface area contributed by atoms with Gasteiger partial charge >= 0.3 is 0 Å². The summed E-state index contributed by atoms with van der Waals surface area (Å²) in [4.78, 5) is 17.1. The predicted molar refractivity (Wildman–Crippen MR) is 104 cm³/mol. The zero-order chi connectivity index (χ0) is 20.2. The number of anilines is 1. The first-order valence-corrected chi connectivity index (χ1v) is 9.69. The van der Waals surface area contributed by atoms with E-state index in [0.717, 1.165) is 26.1 Å². The van der Waals surface area contributed by atoms with Crippen LogP contribution in [-0.2, 0) is 6.42 Å². The highest BCUT2D eigenvalue weighted by molar-refractivity contribution is 6.04. The Bertz CT molecular complexity index is 930. The molecule has 2 atom stereocenters. The lowest BCUT2D eigenvalue weighted by molar-refractivity contribution is 0.0905. The zero-order valence-corrected chi connectivity index (χ0v) is 16.2. The highest BCUT2D eigenvalue weighted by atomic mass is 19.1. The lowest BCUT2D eigenvalue weighted by Crippen LogP contribution is -2.53. The maximum atomic E-state index is 14.6. The number of halogens is 1. The molecule has 9 heteroatoms.